The predicted molar refractivity (Wildman–Crippen MR) is 98.1 cm³/mol. The third-order valence-corrected chi connectivity index (χ3v) is 4.49. The number of amides is 1. The Morgan fingerprint density at radius 3 is 2.78 bits per heavy atom. The molecule has 0 bridgehead atoms. The van der Waals surface area contributed by atoms with E-state index in [-0.39, 0.29) is 18.3 Å². The maximum atomic E-state index is 11.9. The Morgan fingerprint density at radius 2 is 2.00 bits per heavy atom. The summed E-state index contributed by atoms with van der Waals surface area (Å²) in [5, 5.41) is 8.90. The van der Waals surface area contributed by atoms with Crippen LogP contribution in [0, 0.1) is 5.92 Å². The lowest BCUT2D eigenvalue weighted by atomic mass is 10.0. The number of carbonyl (C=O) groups is 1. The summed E-state index contributed by atoms with van der Waals surface area (Å²) in [6, 6.07) is 14.8. The van der Waals surface area contributed by atoms with E-state index in [4.69, 9.17) is 0 Å². The van der Waals surface area contributed by atoms with Gasteiger partial charge in [0.15, 0.2) is 0 Å². The van der Waals surface area contributed by atoms with Gasteiger partial charge in [0, 0.05) is 13.0 Å². The van der Waals surface area contributed by atoms with E-state index in [0.717, 1.165) is 38.4 Å². The normalized spacial score (nSPS) is 17.0. The fraction of sp³-hybridized carbons (Fsp3) is 0.421. The third-order valence-electron chi connectivity index (χ3n) is 4.49. The molecule has 3 rings (SSSR count). The van der Waals surface area contributed by atoms with Gasteiger partial charge in [-0.25, -0.2) is 0 Å². The lowest BCUT2D eigenvalue weighted by Gasteiger charge is -2.09. The lowest BCUT2D eigenvalue weighted by molar-refractivity contribution is -0.121. The van der Waals surface area contributed by atoms with Crippen molar-refractivity contribution < 1.29 is 4.79 Å². The van der Waals surface area contributed by atoms with Gasteiger partial charge in [-0.1, -0.05) is 42.5 Å². The first-order valence-corrected chi connectivity index (χ1v) is 8.26. The first-order chi connectivity index (χ1) is 10.8. The van der Waals surface area contributed by atoms with Crippen molar-refractivity contribution in [2.75, 3.05) is 19.6 Å². The van der Waals surface area contributed by atoms with Crippen molar-refractivity contribution in [1.29, 1.82) is 0 Å². The molecule has 2 aromatic carbocycles. The highest BCUT2D eigenvalue weighted by atomic mass is 35.5. The van der Waals surface area contributed by atoms with Crippen LogP contribution in [0.15, 0.2) is 42.5 Å². The average Bonchev–Trinajstić information content (AvgIpc) is 3.06. The first kappa shape index (κ1) is 17.8. The van der Waals surface area contributed by atoms with E-state index in [2.05, 4.69) is 53.1 Å². The molecule has 1 saturated heterocycles. The average molecular weight is 333 g/mol. The SMILES string of the molecule is Cl.O=C(CCc1ccc2ccccc2c1)NCCC1CCNC1. The van der Waals surface area contributed by atoms with Crippen LogP contribution in [0.2, 0.25) is 0 Å². The summed E-state index contributed by atoms with van der Waals surface area (Å²) >= 11 is 0. The molecule has 1 heterocycles. The second kappa shape index (κ2) is 8.90. The van der Waals surface area contributed by atoms with Crippen molar-refractivity contribution in [1.82, 2.24) is 10.6 Å². The molecule has 1 aliphatic rings. The largest absolute Gasteiger partial charge is 0.356 e. The fourth-order valence-electron chi connectivity index (χ4n) is 3.12. The second-order valence-electron chi connectivity index (χ2n) is 6.18. The molecule has 124 valence electrons. The predicted octanol–water partition coefficient (Wildman–Crippen LogP) is 3.31. The molecular weight excluding hydrogens is 308 g/mol. The molecule has 1 amide bonds. The van der Waals surface area contributed by atoms with E-state index in [9.17, 15) is 4.79 Å². The molecule has 1 fully saturated rings. The molecule has 0 radical (unpaired) electrons. The zero-order chi connectivity index (χ0) is 15.2. The highest BCUT2D eigenvalue weighted by molar-refractivity contribution is 5.85. The number of aryl methyl sites for hydroxylation is 1. The summed E-state index contributed by atoms with van der Waals surface area (Å²) < 4.78 is 0. The topological polar surface area (TPSA) is 41.1 Å². The summed E-state index contributed by atoms with van der Waals surface area (Å²) in [5.74, 6) is 0.903. The number of benzene rings is 2. The zero-order valence-corrected chi connectivity index (χ0v) is 14.2. The van der Waals surface area contributed by atoms with Crippen LogP contribution in [0.5, 0.6) is 0 Å². The molecule has 0 spiro atoms. The summed E-state index contributed by atoms with van der Waals surface area (Å²) in [6.07, 6.45) is 3.71. The number of fused-ring (bicyclic) bond motifs is 1. The van der Waals surface area contributed by atoms with Crippen LogP contribution in [0.3, 0.4) is 0 Å². The van der Waals surface area contributed by atoms with E-state index < -0.39 is 0 Å². The van der Waals surface area contributed by atoms with Gasteiger partial charge < -0.3 is 10.6 Å². The van der Waals surface area contributed by atoms with Crippen molar-refractivity contribution in [3.05, 3.63) is 48.0 Å². The van der Waals surface area contributed by atoms with Crippen LogP contribution in [-0.4, -0.2) is 25.5 Å². The molecule has 1 atom stereocenters. The smallest absolute Gasteiger partial charge is 0.220 e. The van der Waals surface area contributed by atoms with Crippen LogP contribution >= 0.6 is 12.4 Å². The molecule has 0 aromatic heterocycles. The van der Waals surface area contributed by atoms with Crippen molar-refractivity contribution in [3.8, 4) is 0 Å². The monoisotopic (exact) mass is 332 g/mol. The first-order valence-electron chi connectivity index (χ1n) is 8.26. The second-order valence-corrected chi connectivity index (χ2v) is 6.18. The van der Waals surface area contributed by atoms with Gasteiger partial charge in [-0.3, -0.25) is 4.79 Å². The molecule has 3 nitrogen and oxygen atoms in total. The highest BCUT2D eigenvalue weighted by Gasteiger charge is 2.14. The van der Waals surface area contributed by atoms with Gasteiger partial charge in [0.1, 0.15) is 0 Å². The molecule has 1 unspecified atom stereocenters. The maximum absolute atomic E-state index is 11.9. The van der Waals surface area contributed by atoms with Gasteiger partial charge in [0.25, 0.3) is 0 Å². The van der Waals surface area contributed by atoms with Crippen LogP contribution in [0.4, 0.5) is 0 Å². The number of hydrogen-bond acceptors (Lipinski definition) is 2. The van der Waals surface area contributed by atoms with Gasteiger partial charge in [-0.15, -0.1) is 12.4 Å². The molecule has 0 aliphatic carbocycles. The minimum atomic E-state index is 0. The number of nitrogens with one attached hydrogen (secondary N) is 2. The Bertz CT molecular complexity index is 638. The summed E-state index contributed by atoms with van der Waals surface area (Å²) in [7, 11) is 0. The summed E-state index contributed by atoms with van der Waals surface area (Å²) in [4.78, 5) is 11.9. The molecule has 1 aliphatic heterocycles. The third kappa shape index (κ3) is 5.22. The minimum Gasteiger partial charge on any atom is -0.356 e. The number of hydrogen-bond donors (Lipinski definition) is 2. The molecule has 4 heteroatoms. The van der Waals surface area contributed by atoms with Gasteiger partial charge in [-0.2, -0.15) is 0 Å². The summed E-state index contributed by atoms with van der Waals surface area (Å²) in [5.41, 5.74) is 1.23. The molecule has 23 heavy (non-hydrogen) atoms. The maximum Gasteiger partial charge on any atom is 0.220 e. The van der Waals surface area contributed by atoms with Crippen LogP contribution in [0.1, 0.15) is 24.8 Å². The Hall–Kier alpha value is -1.58. The van der Waals surface area contributed by atoms with Gasteiger partial charge in [0.2, 0.25) is 5.91 Å². The Morgan fingerprint density at radius 1 is 1.17 bits per heavy atom. The zero-order valence-electron chi connectivity index (χ0n) is 13.4. The van der Waals surface area contributed by atoms with Crippen LogP contribution in [-0.2, 0) is 11.2 Å². The van der Waals surface area contributed by atoms with Crippen molar-refractivity contribution in [2.24, 2.45) is 5.92 Å². The van der Waals surface area contributed by atoms with Crippen molar-refractivity contribution in [3.63, 3.8) is 0 Å². The van der Waals surface area contributed by atoms with Crippen molar-refractivity contribution in [2.45, 2.75) is 25.7 Å². The van der Waals surface area contributed by atoms with E-state index in [1.54, 1.807) is 0 Å². The standard InChI is InChI=1S/C19H24N2O.ClH/c22-19(21-12-10-16-9-11-20-14-16)8-6-15-5-7-17-3-1-2-4-18(17)13-15;/h1-5,7,13,16,20H,6,8-12,14H2,(H,21,22);1H. The van der Waals surface area contributed by atoms with Gasteiger partial charge in [-0.05, 0) is 54.6 Å². The molecule has 0 saturated carbocycles. The van der Waals surface area contributed by atoms with Gasteiger partial charge in [0.05, 0.1) is 0 Å². The van der Waals surface area contributed by atoms with Crippen molar-refractivity contribution >= 4 is 29.1 Å². The summed E-state index contributed by atoms with van der Waals surface area (Å²) in [6.45, 7) is 3.04. The molecular formula is C19H25ClN2O. The van der Waals surface area contributed by atoms with E-state index in [1.165, 1.54) is 22.8 Å². The van der Waals surface area contributed by atoms with E-state index in [0.29, 0.717) is 6.42 Å². The Kier molecular flexibility index (Phi) is 6.87. The van der Waals surface area contributed by atoms with E-state index in [1.807, 2.05) is 0 Å². The molecule has 2 N–H and O–H groups in total. The minimum absolute atomic E-state index is 0. The van der Waals surface area contributed by atoms with Gasteiger partial charge >= 0.3 is 0 Å². The molecule has 2 aromatic rings. The quantitative estimate of drug-likeness (QED) is 0.852. The fourth-order valence-corrected chi connectivity index (χ4v) is 3.12. The van der Waals surface area contributed by atoms with E-state index >= 15 is 0 Å². The highest BCUT2D eigenvalue weighted by Crippen LogP contribution is 2.16. The lowest BCUT2D eigenvalue weighted by Crippen LogP contribution is -2.26. The van der Waals surface area contributed by atoms with Crippen LogP contribution < -0.4 is 10.6 Å². The number of carbonyl (C=O) groups excluding carboxylic acids is 1. The Balaban J connectivity index is 0.00000192. The van der Waals surface area contributed by atoms with Crippen LogP contribution in [0.25, 0.3) is 10.8 Å². The Labute approximate surface area is 144 Å². The number of halogens is 1. The number of rotatable bonds is 6.